The Morgan fingerprint density at radius 3 is 2.23 bits per heavy atom. The highest BCUT2D eigenvalue weighted by Crippen LogP contribution is 2.43. The van der Waals surface area contributed by atoms with E-state index in [2.05, 4.69) is 45.7 Å². The van der Waals surface area contributed by atoms with Gasteiger partial charge in [0.2, 0.25) is 5.90 Å². The fraction of sp³-hybridized carbons (Fsp3) is 0.182. The molecule has 0 unspecified atom stereocenters. The van der Waals surface area contributed by atoms with Gasteiger partial charge in [-0.2, -0.15) is 0 Å². The molecular weight excluding hydrogens is 663 g/mol. The van der Waals surface area contributed by atoms with Gasteiger partial charge in [0.15, 0.2) is 11.6 Å². The van der Waals surface area contributed by atoms with Crippen molar-refractivity contribution in [3.8, 4) is 16.9 Å². The molecule has 2 atom stereocenters. The van der Waals surface area contributed by atoms with Crippen molar-refractivity contribution >= 4 is 22.6 Å². The molecule has 0 aromatic heterocycles. The van der Waals surface area contributed by atoms with Gasteiger partial charge in [0.1, 0.15) is 5.75 Å². The number of nitrogens with one attached hydrogen (secondary N) is 1. The van der Waals surface area contributed by atoms with Crippen LogP contribution >= 0.6 is 0 Å². The molecule has 7 rings (SSSR count). The molecule has 0 bridgehead atoms. The summed E-state index contributed by atoms with van der Waals surface area (Å²) in [7, 11) is 0. The highest BCUT2D eigenvalue weighted by molar-refractivity contribution is 6.01. The van der Waals surface area contributed by atoms with Crippen LogP contribution in [0.1, 0.15) is 40.3 Å². The third-order valence-electron chi connectivity index (χ3n) is 9.55. The first kappa shape index (κ1) is 35.0. The van der Waals surface area contributed by atoms with Crippen molar-refractivity contribution in [2.45, 2.75) is 37.6 Å². The maximum atomic E-state index is 15.0. The average Bonchev–Trinajstić information content (AvgIpc) is 3.60. The van der Waals surface area contributed by atoms with Crippen molar-refractivity contribution in [2.75, 3.05) is 13.2 Å². The van der Waals surface area contributed by atoms with E-state index in [-0.39, 0.29) is 32.0 Å². The second-order valence-corrected chi connectivity index (χ2v) is 12.9. The minimum atomic E-state index is -1.45. The minimum Gasteiger partial charge on any atom is -0.494 e. The van der Waals surface area contributed by atoms with Crippen LogP contribution < -0.4 is 10.1 Å². The number of amides is 1. The highest BCUT2D eigenvalue weighted by atomic mass is 16.5. The van der Waals surface area contributed by atoms with E-state index in [9.17, 15) is 0 Å². The Morgan fingerprint density at radius 2 is 1.45 bits per heavy atom. The number of nitrogens with zero attached hydrogens (tertiary/aromatic N) is 4. The monoisotopic (exact) mass is 701 g/mol. The van der Waals surface area contributed by atoms with Gasteiger partial charge in [-0.3, -0.25) is 4.79 Å². The number of fused-ring (bicyclic) bond motifs is 1. The summed E-state index contributed by atoms with van der Waals surface area (Å²) in [5.41, 5.74) is 13.9. The lowest BCUT2D eigenvalue weighted by molar-refractivity contribution is -0.129. The van der Waals surface area contributed by atoms with Crippen molar-refractivity contribution in [2.24, 2.45) is 10.1 Å². The number of aliphatic hydroxyl groups excluding tert-OH is 1. The summed E-state index contributed by atoms with van der Waals surface area (Å²) in [5, 5.41) is 18.4. The number of aliphatic hydroxyl groups is 1. The summed E-state index contributed by atoms with van der Waals surface area (Å²) in [4.78, 5) is 23.3. The van der Waals surface area contributed by atoms with Crippen LogP contribution in [0.25, 0.3) is 32.3 Å². The van der Waals surface area contributed by atoms with Crippen molar-refractivity contribution in [3.63, 3.8) is 0 Å². The molecule has 1 amide bonds. The molecule has 0 saturated carbocycles. The number of hydrogen-bond donors (Lipinski definition) is 2. The topological polar surface area (TPSA) is 129 Å². The van der Waals surface area contributed by atoms with Gasteiger partial charge < -0.3 is 19.9 Å². The zero-order valence-electron chi connectivity index (χ0n) is 29.1. The van der Waals surface area contributed by atoms with Crippen molar-refractivity contribution in [1.29, 1.82) is 0 Å². The molecule has 9 heteroatoms. The van der Waals surface area contributed by atoms with Gasteiger partial charge >= 0.3 is 0 Å². The molecular formula is C44H39N5O4. The summed E-state index contributed by atoms with van der Waals surface area (Å²) in [6.45, 7) is 0.857. The Hall–Kier alpha value is -6.41. The number of aliphatic imine (C=N–C) groups is 1. The van der Waals surface area contributed by atoms with E-state index in [0.29, 0.717) is 30.2 Å². The quantitative estimate of drug-likeness (QED) is 0.0509. The lowest BCUT2D eigenvalue weighted by atomic mass is 9.80. The predicted octanol–water partition coefficient (Wildman–Crippen LogP) is 8.89. The summed E-state index contributed by atoms with van der Waals surface area (Å²) in [6.07, 6.45) is -0.0923. The molecule has 0 aliphatic carbocycles. The zero-order valence-corrected chi connectivity index (χ0v) is 29.1. The summed E-state index contributed by atoms with van der Waals surface area (Å²) in [5.74, 6) is 0.692. The van der Waals surface area contributed by atoms with Crippen LogP contribution in [0.3, 0.4) is 0 Å². The molecule has 0 saturated heterocycles. The van der Waals surface area contributed by atoms with E-state index in [4.69, 9.17) is 25.1 Å². The second-order valence-electron chi connectivity index (χ2n) is 12.9. The molecule has 0 radical (unpaired) electrons. The highest BCUT2D eigenvalue weighted by Gasteiger charge is 2.53. The largest absolute Gasteiger partial charge is 0.494 e. The Labute approximate surface area is 308 Å². The number of rotatable bonds is 14. The fourth-order valence-electron chi connectivity index (χ4n) is 6.82. The number of carbonyl (C=O) groups is 1. The second kappa shape index (κ2) is 16.3. The van der Waals surface area contributed by atoms with Gasteiger partial charge in [-0.05, 0) is 73.9 Å². The van der Waals surface area contributed by atoms with Crippen LogP contribution in [0.5, 0.6) is 5.75 Å². The number of azide groups is 1. The molecule has 1 heterocycles. The third kappa shape index (κ3) is 7.77. The average molecular weight is 702 g/mol. The van der Waals surface area contributed by atoms with E-state index in [1.54, 1.807) is 0 Å². The zero-order chi connectivity index (χ0) is 36.5. The van der Waals surface area contributed by atoms with Gasteiger partial charge in [-0.1, -0.05) is 126 Å². The molecule has 9 nitrogen and oxygen atoms in total. The molecule has 1 aliphatic heterocycles. The first-order chi connectivity index (χ1) is 26.1. The normalized spacial score (nSPS) is 16.3. The number of carbonyl (C=O) groups excluding carboxylic acids is 1. The van der Waals surface area contributed by atoms with Crippen LogP contribution in [-0.2, 0) is 29.0 Å². The van der Waals surface area contributed by atoms with Crippen molar-refractivity contribution in [1.82, 2.24) is 5.32 Å². The van der Waals surface area contributed by atoms with E-state index >= 15 is 4.79 Å². The Kier molecular flexibility index (Phi) is 10.8. The number of hydrogen-bond acceptors (Lipinski definition) is 6. The smallest absolute Gasteiger partial charge is 0.252 e. The van der Waals surface area contributed by atoms with Crippen LogP contribution in [0, 0.1) is 0 Å². The van der Waals surface area contributed by atoms with Crippen LogP contribution in [0.2, 0.25) is 0 Å². The van der Waals surface area contributed by atoms with E-state index in [1.165, 1.54) is 0 Å². The molecule has 264 valence electrons. The van der Waals surface area contributed by atoms with Gasteiger partial charge in [-0.25, -0.2) is 4.99 Å². The molecule has 6 aromatic rings. The Morgan fingerprint density at radius 1 is 0.792 bits per heavy atom. The van der Waals surface area contributed by atoms with Gasteiger partial charge in [-0.15, -0.1) is 0 Å². The maximum absolute atomic E-state index is 15.0. The molecule has 53 heavy (non-hydrogen) atoms. The summed E-state index contributed by atoms with van der Waals surface area (Å²) >= 11 is 0. The molecule has 6 aromatic carbocycles. The Balaban J connectivity index is 1.32. The first-order valence-electron chi connectivity index (χ1n) is 17.7. The predicted molar refractivity (Wildman–Crippen MR) is 207 cm³/mol. The molecule has 0 spiro atoms. The van der Waals surface area contributed by atoms with Crippen molar-refractivity contribution < 1.29 is 19.4 Å². The summed E-state index contributed by atoms with van der Waals surface area (Å²) < 4.78 is 12.6. The van der Waals surface area contributed by atoms with E-state index in [1.807, 2.05) is 115 Å². The van der Waals surface area contributed by atoms with Crippen LogP contribution in [0.4, 0.5) is 0 Å². The van der Waals surface area contributed by atoms with Gasteiger partial charge in [0.25, 0.3) is 5.91 Å². The molecule has 2 N–H and O–H groups in total. The number of ether oxygens (including phenoxy) is 2. The lowest BCUT2D eigenvalue weighted by Crippen LogP contribution is -2.49. The Bertz CT molecular complexity index is 2260. The van der Waals surface area contributed by atoms with Crippen LogP contribution in [0.15, 0.2) is 156 Å². The van der Waals surface area contributed by atoms with E-state index in [0.717, 1.165) is 44.2 Å². The molecule has 0 fully saturated rings. The summed E-state index contributed by atoms with van der Waals surface area (Å²) in [6, 6.07) is 47.4. The van der Waals surface area contributed by atoms with Crippen molar-refractivity contribution in [3.05, 3.63) is 184 Å². The molecule has 1 aliphatic rings. The van der Waals surface area contributed by atoms with E-state index < -0.39 is 11.6 Å². The lowest BCUT2D eigenvalue weighted by Gasteiger charge is -2.31. The standard InChI is InChI=1S/C44H39N5O4/c45-49-47-30-37-14-5-4-13-36(37)28-44(43(51)46-29-38-16-8-15-33-12-6-7-17-40(33)38)41(34-20-18-32(19-21-34)31-10-2-1-3-11-31)53-42(48-44)35-22-24-39(25-23-35)52-27-9-26-50/h1-8,10-25,41,50H,9,26-30H2,(H,46,51)/t41-,44-/m1/s1. The SMILES string of the molecule is [N-]=[N+]=NCc1ccccc1C[C@@]1(C(=O)NCc2cccc3ccccc23)N=C(c2ccc(OCCCO)cc2)O[C@@H]1c1ccc(-c2ccccc2)cc1. The van der Waals surface area contributed by atoms with Gasteiger partial charge in [0, 0.05) is 36.5 Å². The third-order valence-corrected chi connectivity index (χ3v) is 9.55. The van der Waals surface area contributed by atoms with Gasteiger partial charge in [0.05, 0.1) is 13.2 Å². The number of benzene rings is 6. The minimum absolute atomic E-state index is 0.0487. The first-order valence-corrected chi connectivity index (χ1v) is 17.7. The maximum Gasteiger partial charge on any atom is 0.252 e. The fourth-order valence-corrected chi connectivity index (χ4v) is 6.82. The van der Waals surface area contributed by atoms with Crippen LogP contribution in [-0.4, -0.2) is 35.7 Å².